The number of carbonyl (C=O) groups is 2. The lowest BCUT2D eigenvalue weighted by atomic mass is 9.81. The average Bonchev–Trinajstić information content (AvgIpc) is 3.05. The number of rotatable bonds is 4. The summed E-state index contributed by atoms with van der Waals surface area (Å²) in [6.07, 6.45) is 7.24. The minimum absolute atomic E-state index is 0.0663. The Morgan fingerprint density at radius 2 is 1.79 bits per heavy atom. The fourth-order valence-corrected chi connectivity index (χ4v) is 4.64. The molecular weight excluding hydrogens is 308 g/mol. The van der Waals surface area contributed by atoms with Gasteiger partial charge in [-0.3, -0.25) is 9.59 Å². The van der Waals surface area contributed by atoms with Crippen LogP contribution in [0.1, 0.15) is 57.8 Å². The molecule has 3 rings (SSSR count). The van der Waals surface area contributed by atoms with Gasteiger partial charge in [-0.15, -0.1) is 0 Å². The van der Waals surface area contributed by atoms with Crippen LogP contribution < -0.4 is 5.73 Å². The summed E-state index contributed by atoms with van der Waals surface area (Å²) < 4.78 is 5.76. The van der Waals surface area contributed by atoms with Gasteiger partial charge in [-0.25, -0.2) is 0 Å². The van der Waals surface area contributed by atoms with Crippen molar-refractivity contribution >= 4 is 11.8 Å². The third-order valence-corrected chi connectivity index (χ3v) is 6.12. The Hall–Kier alpha value is -1.14. The van der Waals surface area contributed by atoms with Crippen LogP contribution in [0.3, 0.4) is 0 Å². The van der Waals surface area contributed by atoms with Crippen molar-refractivity contribution in [1.29, 1.82) is 0 Å². The lowest BCUT2D eigenvalue weighted by Crippen LogP contribution is -2.46. The number of aliphatic hydroxyl groups is 1. The molecule has 0 radical (unpaired) electrons. The van der Waals surface area contributed by atoms with Crippen molar-refractivity contribution in [2.45, 2.75) is 69.5 Å². The van der Waals surface area contributed by atoms with Crippen molar-refractivity contribution in [2.75, 3.05) is 19.7 Å². The van der Waals surface area contributed by atoms with Crippen LogP contribution in [0.25, 0.3) is 0 Å². The fourth-order valence-electron chi connectivity index (χ4n) is 4.64. The van der Waals surface area contributed by atoms with E-state index >= 15 is 0 Å². The zero-order valence-electron chi connectivity index (χ0n) is 14.4. The maximum absolute atomic E-state index is 12.5. The third-order valence-electron chi connectivity index (χ3n) is 6.12. The molecule has 2 atom stereocenters. The summed E-state index contributed by atoms with van der Waals surface area (Å²) in [5.41, 5.74) is 4.68. The third kappa shape index (κ3) is 3.91. The van der Waals surface area contributed by atoms with Gasteiger partial charge in [-0.2, -0.15) is 0 Å². The normalized spacial score (nSPS) is 31.1. The molecule has 0 unspecified atom stereocenters. The van der Waals surface area contributed by atoms with Crippen molar-refractivity contribution in [3.8, 4) is 0 Å². The predicted molar refractivity (Wildman–Crippen MR) is 89.0 cm³/mol. The Morgan fingerprint density at radius 3 is 2.42 bits per heavy atom. The monoisotopic (exact) mass is 338 g/mol. The molecule has 0 aromatic carbocycles. The van der Waals surface area contributed by atoms with Gasteiger partial charge in [0.2, 0.25) is 11.8 Å². The summed E-state index contributed by atoms with van der Waals surface area (Å²) in [4.78, 5) is 25.9. The number of nitrogens with two attached hydrogens (primary N) is 1. The van der Waals surface area contributed by atoms with Crippen LogP contribution in [0, 0.1) is 11.8 Å². The molecule has 136 valence electrons. The highest BCUT2D eigenvalue weighted by Gasteiger charge is 2.40. The minimum Gasteiger partial charge on any atom is -0.389 e. The van der Waals surface area contributed by atoms with Gasteiger partial charge in [0.05, 0.1) is 24.0 Å². The van der Waals surface area contributed by atoms with E-state index in [-0.39, 0.29) is 30.3 Å². The first-order valence-electron chi connectivity index (χ1n) is 9.40. The number of hydrogen-bond donors (Lipinski definition) is 2. The number of primary amides is 1. The second-order valence-corrected chi connectivity index (χ2v) is 7.81. The van der Waals surface area contributed by atoms with Gasteiger partial charge in [-0.1, -0.05) is 19.3 Å². The first-order valence-corrected chi connectivity index (χ1v) is 9.40. The number of nitrogens with zero attached hydrogens (tertiary/aromatic N) is 1. The Kier molecular flexibility index (Phi) is 5.45. The average molecular weight is 338 g/mol. The highest BCUT2D eigenvalue weighted by Crippen LogP contribution is 2.35. The lowest BCUT2D eigenvalue weighted by Gasteiger charge is -2.38. The Morgan fingerprint density at radius 1 is 1.12 bits per heavy atom. The van der Waals surface area contributed by atoms with E-state index in [0.717, 1.165) is 44.9 Å². The first-order chi connectivity index (χ1) is 11.5. The van der Waals surface area contributed by atoms with Crippen LogP contribution in [0.5, 0.6) is 0 Å². The fraction of sp³-hybridized carbons (Fsp3) is 0.889. The van der Waals surface area contributed by atoms with E-state index in [9.17, 15) is 14.7 Å². The molecule has 0 spiro atoms. The standard InChI is InChI=1S/C18H30N2O4/c19-17(22)14-6-11-24-16(14)13-4-9-20(10-5-13)15(21)12-18(23)7-2-1-3-8-18/h13-14,16,23H,1-12H2,(H2,19,22)/t14-,16+/m0/s1. The topological polar surface area (TPSA) is 92.9 Å². The van der Waals surface area contributed by atoms with Crippen LogP contribution in [0.15, 0.2) is 0 Å². The SMILES string of the molecule is NC(=O)[C@H]1CCO[C@@H]1C1CCN(C(=O)CC2(O)CCCCC2)CC1. The molecular formula is C18H30N2O4. The molecule has 2 heterocycles. The molecule has 2 saturated heterocycles. The number of carbonyl (C=O) groups excluding carboxylic acids is 2. The molecule has 1 aliphatic carbocycles. The van der Waals surface area contributed by atoms with Crippen molar-refractivity contribution in [3.05, 3.63) is 0 Å². The van der Waals surface area contributed by atoms with Gasteiger partial charge in [0.25, 0.3) is 0 Å². The number of hydrogen-bond acceptors (Lipinski definition) is 4. The molecule has 6 heteroatoms. The van der Waals surface area contributed by atoms with E-state index in [4.69, 9.17) is 10.5 Å². The molecule has 2 amide bonds. The van der Waals surface area contributed by atoms with Crippen molar-refractivity contribution in [2.24, 2.45) is 17.6 Å². The van der Waals surface area contributed by atoms with Crippen molar-refractivity contribution in [1.82, 2.24) is 4.90 Å². The molecule has 3 fully saturated rings. The van der Waals surface area contributed by atoms with Crippen LogP contribution >= 0.6 is 0 Å². The van der Waals surface area contributed by atoms with Crippen LogP contribution in [0.2, 0.25) is 0 Å². The summed E-state index contributed by atoms with van der Waals surface area (Å²) in [6, 6.07) is 0. The predicted octanol–water partition coefficient (Wildman–Crippen LogP) is 1.20. The minimum atomic E-state index is -0.794. The molecule has 6 nitrogen and oxygen atoms in total. The second-order valence-electron chi connectivity index (χ2n) is 7.81. The molecule has 3 N–H and O–H groups in total. The summed E-state index contributed by atoms with van der Waals surface area (Å²) in [5, 5.41) is 10.6. The van der Waals surface area contributed by atoms with E-state index < -0.39 is 5.60 Å². The van der Waals surface area contributed by atoms with Crippen molar-refractivity contribution < 1.29 is 19.4 Å². The van der Waals surface area contributed by atoms with E-state index in [2.05, 4.69) is 0 Å². The summed E-state index contributed by atoms with van der Waals surface area (Å²) in [5.74, 6) is -0.0841. The molecule has 3 aliphatic rings. The van der Waals surface area contributed by atoms with E-state index in [1.165, 1.54) is 0 Å². The van der Waals surface area contributed by atoms with E-state index in [0.29, 0.717) is 32.0 Å². The van der Waals surface area contributed by atoms with Gasteiger partial charge in [-0.05, 0) is 38.0 Å². The molecule has 0 aromatic rings. The van der Waals surface area contributed by atoms with Crippen LogP contribution in [0.4, 0.5) is 0 Å². The lowest BCUT2D eigenvalue weighted by molar-refractivity contribution is -0.140. The quantitative estimate of drug-likeness (QED) is 0.805. The number of piperidine rings is 1. The van der Waals surface area contributed by atoms with Gasteiger partial charge in [0.1, 0.15) is 0 Å². The molecule has 24 heavy (non-hydrogen) atoms. The van der Waals surface area contributed by atoms with E-state index in [1.807, 2.05) is 4.90 Å². The highest BCUT2D eigenvalue weighted by atomic mass is 16.5. The number of amides is 2. The Bertz CT molecular complexity index is 468. The van der Waals surface area contributed by atoms with Crippen molar-refractivity contribution in [3.63, 3.8) is 0 Å². The van der Waals surface area contributed by atoms with Crippen LogP contribution in [-0.2, 0) is 14.3 Å². The molecule has 1 saturated carbocycles. The summed E-state index contributed by atoms with van der Waals surface area (Å²) in [7, 11) is 0. The van der Waals surface area contributed by atoms with Gasteiger partial charge in [0.15, 0.2) is 0 Å². The van der Waals surface area contributed by atoms with Gasteiger partial charge < -0.3 is 20.5 Å². The Labute approximate surface area is 143 Å². The molecule has 2 aliphatic heterocycles. The molecule has 0 bridgehead atoms. The second kappa shape index (κ2) is 7.40. The molecule has 0 aromatic heterocycles. The maximum atomic E-state index is 12.5. The highest BCUT2D eigenvalue weighted by molar-refractivity contribution is 5.78. The maximum Gasteiger partial charge on any atom is 0.225 e. The number of ether oxygens (including phenoxy) is 1. The largest absolute Gasteiger partial charge is 0.389 e. The first kappa shape index (κ1) is 17.7. The van der Waals surface area contributed by atoms with E-state index in [1.54, 1.807) is 0 Å². The smallest absolute Gasteiger partial charge is 0.225 e. The number of likely N-dealkylation sites (tertiary alicyclic amines) is 1. The van der Waals surface area contributed by atoms with Crippen LogP contribution in [-0.4, -0.2) is 53.2 Å². The Balaban J connectivity index is 1.49. The summed E-state index contributed by atoms with van der Waals surface area (Å²) in [6.45, 7) is 1.97. The van der Waals surface area contributed by atoms with Gasteiger partial charge in [0, 0.05) is 19.7 Å². The zero-order valence-corrected chi connectivity index (χ0v) is 14.4. The summed E-state index contributed by atoms with van der Waals surface area (Å²) >= 11 is 0. The van der Waals surface area contributed by atoms with Gasteiger partial charge >= 0.3 is 0 Å². The zero-order chi connectivity index (χ0) is 17.2.